The summed E-state index contributed by atoms with van der Waals surface area (Å²) in [7, 11) is 1.87. The van der Waals surface area contributed by atoms with Gasteiger partial charge in [-0.1, -0.05) is 55.8 Å². The molecule has 5 heteroatoms. The Morgan fingerprint density at radius 1 is 1.23 bits per heavy atom. The number of benzene rings is 1. The zero-order valence-corrected chi connectivity index (χ0v) is 14.2. The fourth-order valence-electron chi connectivity index (χ4n) is 2.60. The Balaban J connectivity index is 2.21. The average Bonchev–Trinajstić information content (AvgIpc) is 2.77. The number of hydrogen-bond acceptors (Lipinski definition) is 3. The van der Waals surface area contributed by atoms with Gasteiger partial charge in [0.25, 0.3) is 0 Å². The molecule has 0 saturated heterocycles. The smallest absolute Gasteiger partial charge is 0.131 e. The van der Waals surface area contributed by atoms with Gasteiger partial charge < -0.3 is 5.11 Å². The molecule has 1 aromatic carbocycles. The molecule has 0 saturated carbocycles. The maximum atomic E-state index is 9.35. The van der Waals surface area contributed by atoms with Gasteiger partial charge in [-0.15, -0.1) is 0 Å². The first-order chi connectivity index (χ1) is 10.5. The number of aliphatic hydroxyl groups excluding tert-OH is 1. The standard InChI is InChI=1S/C17H24ClN3O/c1-13(2)16-15(17(18)20(3)19-16)12-21(9-10-22)11-14-7-5-4-6-8-14/h4-8,13,22H,9-12H2,1-3H3. The van der Waals surface area contributed by atoms with Crippen LogP contribution in [0.5, 0.6) is 0 Å². The van der Waals surface area contributed by atoms with Crippen LogP contribution in [0.15, 0.2) is 30.3 Å². The molecular weight excluding hydrogens is 298 g/mol. The second-order valence-electron chi connectivity index (χ2n) is 5.85. The SMILES string of the molecule is CC(C)c1nn(C)c(Cl)c1CN(CCO)Cc1ccccc1. The van der Waals surface area contributed by atoms with Crippen molar-refractivity contribution < 1.29 is 5.11 Å². The molecule has 1 heterocycles. The molecule has 0 radical (unpaired) electrons. The molecule has 0 aliphatic carbocycles. The van der Waals surface area contributed by atoms with Crippen molar-refractivity contribution in [3.05, 3.63) is 52.3 Å². The van der Waals surface area contributed by atoms with Gasteiger partial charge in [0.2, 0.25) is 0 Å². The predicted molar refractivity (Wildman–Crippen MR) is 89.9 cm³/mol. The maximum absolute atomic E-state index is 9.35. The molecular formula is C17H24ClN3O. The van der Waals surface area contributed by atoms with Crippen LogP contribution in [0.25, 0.3) is 0 Å². The minimum atomic E-state index is 0.127. The second kappa shape index (κ2) is 7.77. The number of nitrogens with zero attached hydrogens (tertiary/aromatic N) is 3. The minimum absolute atomic E-state index is 0.127. The molecule has 0 fully saturated rings. The Morgan fingerprint density at radius 3 is 2.50 bits per heavy atom. The van der Waals surface area contributed by atoms with E-state index in [9.17, 15) is 5.11 Å². The highest BCUT2D eigenvalue weighted by molar-refractivity contribution is 6.30. The van der Waals surface area contributed by atoms with E-state index in [4.69, 9.17) is 11.6 Å². The first kappa shape index (κ1) is 17.0. The van der Waals surface area contributed by atoms with E-state index in [-0.39, 0.29) is 6.61 Å². The molecule has 1 N–H and O–H groups in total. The molecule has 120 valence electrons. The number of rotatable bonds is 7. The number of aryl methyl sites for hydroxylation is 1. The van der Waals surface area contributed by atoms with Gasteiger partial charge in [-0.3, -0.25) is 9.58 Å². The van der Waals surface area contributed by atoms with Crippen molar-refractivity contribution in [1.82, 2.24) is 14.7 Å². The largest absolute Gasteiger partial charge is 0.395 e. The molecule has 1 aromatic heterocycles. The third-order valence-corrected chi connectivity index (χ3v) is 4.17. The van der Waals surface area contributed by atoms with E-state index in [0.717, 1.165) is 17.8 Å². The quantitative estimate of drug-likeness (QED) is 0.851. The fraction of sp³-hybridized carbons (Fsp3) is 0.471. The molecule has 2 rings (SSSR count). The van der Waals surface area contributed by atoms with Crippen molar-refractivity contribution in [3.8, 4) is 0 Å². The molecule has 0 spiro atoms. The van der Waals surface area contributed by atoms with Crippen LogP contribution in [0, 0.1) is 0 Å². The van der Waals surface area contributed by atoms with Crippen molar-refractivity contribution in [2.24, 2.45) is 7.05 Å². The molecule has 4 nitrogen and oxygen atoms in total. The molecule has 0 aliphatic heterocycles. The van der Waals surface area contributed by atoms with Gasteiger partial charge in [0.15, 0.2) is 0 Å². The highest BCUT2D eigenvalue weighted by atomic mass is 35.5. The first-order valence-corrected chi connectivity index (χ1v) is 7.99. The lowest BCUT2D eigenvalue weighted by Crippen LogP contribution is -2.26. The van der Waals surface area contributed by atoms with Crippen LogP contribution in [-0.4, -0.2) is 32.9 Å². The number of halogens is 1. The Morgan fingerprint density at radius 2 is 1.91 bits per heavy atom. The van der Waals surface area contributed by atoms with E-state index in [1.54, 1.807) is 4.68 Å². The van der Waals surface area contributed by atoms with E-state index in [2.05, 4.69) is 36.0 Å². The van der Waals surface area contributed by atoms with Crippen molar-refractivity contribution in [1.29, 1.82) is 0 Å². The molecule has 22 heavy (non-hydrogen) atoms. The first-order valence-electron chi connectivity index (χ1n) is 7.61. The fourth-order valence-corrected chi connectivity index (χ4v) is 2.79. The van der Waals surface area contributed by atoms with Crippen molar-refractivity contribution >= 4 is 11.6 Å². The zero-order valence-electron chi connectivity index (χ0n) is 13.5. The maximum Gasteiger partial charge on any atom is 0.131 e. The monoisotopic (exact) mass is 321 g/mol. The van der Waals surface area contributed by atoms with Crippen molar-refractivity contribution in [2.45, 2.75) is 32.9 Å². The third-order valence-electron chi connectivity index (χ3n) is 3.69. The molecule has 0 amide bonds. The third kappa shape index (κ3) is 4.09. The Kier molecular flexibility index (Phi) is 6.00. The van der Waals surface area contributed by atoms with Crippen LogP contribution < -0.4 is 0 Å². The normalized spacial score (nSPS) is 11.6. The number of hydrogen-bond donors (Lipinski definition) is 1. The van der Waals surface area contributed by atoms with Crippen molar-refractivity contribution in [3.63, 3.8) is 0 Å². The van der Waals surface area contributed by atoms with Crippen LogP contribution in [0.4, 0.5) is 0 Å². The minimum Gasteiger partial charge on any atom is -0.395 e. The van der Waals surface area contributed by atoms with Crippen LogP contribution in [-0.2, 0) is 20.1 Å². The summed E-state index contributed by atoms with van der Waals surface area (Å²) in [5.41, 5.74) is 3.31. The summed E-state index contributed by atoms with van der Waals surface area (Å²) in [6, 6.07) is 10.3. The van der Waals surface area contributed by atoms with E-state index in [0.29, 0.717) is 24.2 Å². The van der Waals surface area contributed by atoms with Gasteiger partial charge in [-0.2, -0.15) is 5.10 Å². The van der Waals surface area contributed by atoms with Gasteiger partial charge in [-0.25, -0.2) is 0 Å². The molecule has 2 aromatic rings. The van der Waals surface area contributed by atoms with E-state index in [1.165, 1.54) is 5.56 Å². The van der Waals surface area contributed by atoms with E-state index < -0.39 is 0 Å². The average molecular weight is 322 g/mol. The molecule has 0 aliphatic rings. The van der Waals surface area contributed by atoms with Gasteiger partial charge in [0, 0.05) is 32.2 Å². The van der Waals surface area contributed by atoms with Crippen LogP contribution in [0.3, 0.4) is 0 Å². The van der Waals surface area contributed by atoms with Gasteiger partial charge in [0.1, 0.15) is 5.15 Å². The van der Waals surface area contributed by atoms with Crippen molar-refractivity contribution in [2.75, 3.05) is 13.2 Å². The Hall–Kier alpha value is -1.36. The summed E-state index contributed by atoms with van der Waals surface area (Å²) >= 11 is 6.42. The highest BCUT2D eigenvalue weighted by Gasteiger charge is 2.19. The lowest BCUT2D eigenvalue weighted by Gasteiger charge is -2.22. The van der Waals surface area contributed by atoms with Gasteiger partial charge >= 0.3 is 0 Å². The topological polar surface area (TPSA) is 41.3 Å². The van der Waals surface area contributed by atoms with E-state index >= 15 is 0 Å². The molecule has 0 bridgehead atoms. The van der Waals surface area contributed by atoms with Crippen LogP contribution in [0.2, 0.25) is 5.15 Å². The summed E-state index contributed by atoms with van der Waals surface area (Å²) in [4.78, 5) is 2.20. The molecule has 0 unspecified atom stereocenters. The summed E-state index contributed by atoms with van der Waals surface area (Å²) in [6.07, 6.45) is 0. The highest BCUT2D eigenvalue weighted by Crippen LogP contribution is 2.27. The summed E-state index contributed by atoms with van der Waals surface area (Å²) in [5, 5.41) is 14.6. The summed E-state index contributed by atoms with van der Waals surface area (Å²) in [5.74, 6) is 0.321. The lowest BCUT2D eigenvalue weighted by atomic mass is 10.1. The lowest BCUT2D eigenvalue weighted by molar-refractivity contribution is 0.184. The zero-order chi connectivity index (χ0) is 16.1. The summed E-state index contributed by atoms with van der Waals surface area (Å²) in [6.45, 7) is 6.45. The van der Waals surface area contributed by atoms with Crippen LogP contribution >= 0.6 is 11.6 Å². The Labute approximate surface area is 137 Å². The Bertz CT molecular complexity index is 595. The van der Waals surface area contributed by atoms with Gasteiger partial charge in [0.05, 0.1) is 12.3 Å². The van der Waals surface area contributed by atoms with E-state index in [1.807, 2.05) is 25.2 Å². The number of aliphatic hydroxyl groups is 1. The number of aromatic nitrogens is 2. The second-order valence-corrected chi connectivity index (χ2v) is 6.21. The summed E-state index contributed by atoms with van der Waals surface area (Å²) < 4.78 is 1.73. The van der Waals surface area contributed by atoms with Gasteiger partial charge in [-0.05, 0) is 11.5 Å². The van der Waals surface area contributed by atoms with Crippen LogP contribution in [0.1, 0.15) is 36.6 Å². The predicted octanol–water partition coefficient (Wildman–Crippen LogP) is 3.19. The molecule has 0 atom stereocenters.